The van der Waals surface area contributed by atoms with E-state index >= 15 is 0 Å². The average molecular weight is 727 g/mol. The number of rotatable bonds is 12. The molecule has 3 unspecified atom stereocenters. The quantitative estimate of drug-likeness (QED) is 0.188. The molecule has 0 heterocycles. The molecule has 0 amide bonds. The van der Waals surface area contributed by atoms with Gasteiger partial charge in [-0.3, -0.25) is 14.4 Å². The van der Waals surface area contributed by atoms with Crippen LogP contribution in [0.25, 0.3) is 0 Å². The molecule has 0 aromatic heterocycles. The molecule has 3 atom stereocenters. The first-order valence-corrected chi connectivity index (χ1v) is 20.5. The van der Waals surface area contributed by atoms with Crippen LogP contribution in [0.5, 0.6) is 0 Å². The van der Waals surface area contributed by atoms with Crippen molar-refractivity contribution in [3.05, 3.63) is 189 Å². The summed E-state index contributed by atoms with van der Waals surface area (Å²) in [6.45, 7) is 11.3. The van der Waals surface area contributed by atoms with Crippen LogP contribution in [0.15, 0.2) is 189 Å². The standard InChI is InChI=1S/C52H54O3/c1-4-49(37-17-8-5-9-18-37)42-25-16-28-45(31-42)52(55)48-33-46(35(2)40-23-14-26-43(29-40)50(53)38-19-10-6-11-20-38)32-47(34-48)36(3)41-24-15-27-44(30-41)51(54)39-21-12-7-13-22-39/h4,6,8,10,15-18,20-21,23,25,27-30,33-34,41-42,47H,2-3,5,7,9,11-14,19,22,24,26,31-32H2,1H3. The molecule has 0 N–H and O–H groups in total. The van der Waals surface area contributed by atoms with Crippen molar-refractivity contribution in [2.24, 2.45) is 17.8 Å². The summed E-state index contributed by atoms with van der Waals surface area (Å²) in [6.07, 6.45) is 49.1. The van der Waals surface area contributed by atoms with Gasteiger partial charge in [0.2, 0.25) is 0 Å². The lowest BCUT2D eigenvalue weighted by molar-refractivity contribution is -0.113. The lowest BCUT2D eigenvalue weighted by atomic mass is 9.74. The van der Waals surface area contributed by atoms with E-state index in [1.165, 1.54) is 11.1 Å². The Bertz CT molecular complexity index is 2120. The fraction of sp³-hybridized carbons (Fsp3) is 0.327. The van der Waals surface area contributed by atoms with Gasteiger partial charge in [-0.05, 0) is 142 Å². The number of carbonyl (C=O) groups excluding carboxylic acids is 3. The Morgan fingerprint density at radius 2 is 1.42 bits per heavy atom. The topological polar surface area (TPSA) is 51.2 Å². The van der Waals surface area contributed by atoms with E-state index in [4.69, 9.17) is 0 Å². The summed E-state index contributed by atoms with van der Waals surface area (Å²) in [5.41, 5.74) is 11.1. The third-order valence-electron chi connectivity index (χ3n) is 12.1. The zero-order valence-electron chi connectivity index (χ0n) is 32.5. The zero-order chi connectivity index (χ0) is 38.3. The molecule has 55 heavy (non-hydrogen) atoms. The number of allylic oxidation sites excluding steroid dienone is 30. The molecule has 0 aromatic rings. The van der Waals surface area contributed by atoms with E-state index in [9.17, 15) is 14.4 Å². The van der Waals surface area contributed by atoms with Crippen LogP contribution in [-0.2, 0) is 14.4 Å². The maximum Gasteiger partial charge on any atom is 0.188 e. The molecule has 0 bridgehead atoms. The molecule has 3 heteroatoms. The third-order valence-corrected chi connectivity index (χ3v) is 12.1. The van der Waals surface area contributed by atoms with Crippen LogP contribution in [0.1, 0.15) is 90.4 Å². The van der Waals surface area contributed by atoms with E-state index < -0.39 is 0 Å². The summed E-state index contributed by atoms with van der Waals surface area (Å²) in [4.78, 5) is 41.7. The predicted octanol–water partition coefficient (Wildman–Crippen LogP) is 12.3. The van der Waals surface area contributed by atoms with Gasteiger partial charge in [0.15, 0.2) is 17.3 Å². The van der Waals surface area contributed by atoms with Crippen molar-refractivity contribution in [1.29, 1.82) is 0 Å². The first-order chi connectivity index (χ1) is 26.8. The number of hydrogen-bond donors (Lipinski definition) is 0. The first-order valence-electron chi connectivity index (χ1n) is 20.5. The molecule has 0 radical (unpaired) electrons. The summed E-state index contributed by atoms with van der Waals surface area (Å²) in [5, 5.41) is 0. The minimum Gasteiger partial charge on any atom is -0.289 e. The Kier molecular flexibility index (Phi) is 12.2. The van der Waals surface area contributed by atoms with Crippen molar-refractivity contribution in [2.75, 3.05) is 0 Å². The van der Waals surface area contributed by atoms with Crippen molar-refractivity contribution in [3.8, 4) is 0 Å². The molecular formula is C52H54O3. The smallest absolute Gasteiger partial charge is 0.188 e. The largest absolute Gasteiger partial charge is 0.289 e. The summed E-state index contributed by atoms with van der Waals surface area (Å²) >= 11 is 0. The van der Waals surface area contributed by atoms with Crippen LogP contribution in [-0.4, -0.2) is 17.3 Å². The van der Waals surface area contributed by atoms with Crippen LogP contribution in [0.3, 0.4) is 0 Å². The molecule has 0 saturated heterocycles. The van der Waals surface area contributed by atoms with E-state index in [1.807, 2.05) is 36.5 Å². The fourth-order valence-electron chi connectivity index (χ4n) is 8.93. The minimum atomic E-state index is -0.124. The highest BCUT2D eigenvalue weighted by atomic mass is 16.1. The van der Waals surface area contributed by atoms with Gasteiger partial charge in [0.05, 0.1) is 0 Å². The molecule has 0 spiro atoms. The van der Waals surface area contributed by atoms with Gasteiger partial charge in [-0.1, -0.05) is 116 Å². The van der Waals surface area contributed by atoms with Gasteiger partial charge in [-0.15, -0.1) is 0 Å². The summed E-state index contributed by atoms with van der Waals surface area (Å²) in [6, 6.07) is 0. The second-order valence-electron chi connectivity index (χ2n) is 15.8. The van der Waals surface area contributed by atoms with Gasteiger partial charge in [0.1, 0.15) is 0 Å². The lowest BCUT2D eigenvalue weighted by Gasteiger charge is -2.30. The molecule has 0 fully saturated rings. The number of Topliss-reactive ketones (excluding diaryl/α,β-unsaturated/α-hetero) is 3. The van der Waals surface area contributed by atoms with Gasteiger partial charge in [-0.2, -0.15) is 0 Å². The maximum absolute atomic E-state index is 14.6. The number of hydrogen-bond acceptors (Lipinski definition) is 3. The normalized spacial score (nSPS) is 25.2. The SMILES string of the molecule is C=C(C1=CCCC(C(=O)C2=CCC=CC2)=C1)C1=CC(C(=O)C2=CC=CC(C(=CC)C3=CCCC=C3)C2)=CC(C(=C)C2C=C(C(=O)C3=CCCCC3)C=CC2)C1. The Hall–Kier alpha value is -5.15. The van der Waals surface area contributed by atoms with E-state index in [-0.39, 0.29) is 35.1 Å². The predicted molar refractivity (Wildman–Crippen MR) is 227 cm³/mol. The van der Waals surface area contributed by atoms with Gasteiger partial charge < -0.3 is 0 Å². The van der Waals surface area contributed by atoms with E-state index in [1.54, 1.807) is 0 Å². The molecule has 0 saturated carbocycles. The molecular weight excluding hydrogens is 673 g/mol. The van der Waals surface area contributed by atoms with Crippen molar-refractivity contribution in [2.45, 2.75) is 90.4 Å². The zero-order valence-corrected chi connectivity index (χ0v) is 32.5. The van der Waals surface area contributed by atoms with Crippen LogP contribution in [0.4, 0.5) is 0 Å². The molecule has 7 rings (SSSR count). The summed E-state index contributed by atoms with van der Waals surface area (Å²) < 4.78 is 0. The van der Waals surface area contributed by atoms with Crippen LogP contribution in [0, 0.1) is 17.8 Å². The molecule has 280 valence electrons. The molecule has 3 nitrogen and oxygen atoms in total. The van der Waals surface area contributed by atoms with Crippen molar-refractivity contribution < 1.29 is 14.4 Å². The fourth-order valence-corrected chi connectivity index (χ4v) is 8.93. The lowest BCUT2D eigenvalue weighted by Crippen LogP contribution is -2.20. The highest BCUT2D eigenvalue weighted by Gasteiger charge is 2.31. The summed E-state index contributed by atoms with van der Waals surface area (Å²) in [5.74, 6) is 0.257. The highest BCUT2D eigenvalue weighted by molar-refractivity contribution is 6.12. The molecule has 7 aliphatic rings. The number of ketones is 3. The van der Waals surface area contributed by atoms with Crippen molar-refractivity contribution in [3.63, 3.8) is 0 Å². The van der Waals surface area contributed by atoms with E-state index in [2.05, 4.69) is 93.0 Å². The first kappa shape index (κ1) is 38.1. The Morgan fingerprint density at radius 1 is 0.636 bits per heavy atom. The van der Waals surface area contributed by atoms with E-state index in [0.717, 1.165) is 108 Å². The van der Waals surface area contributed by atoms with Gasteiger partial charge in [0.25, 0.3) is 0 Å². The van der Waals surface area contributed by atoms with Gasteiger partial charge >= 0.3 is 0 Å². The van der Waals surface area contributed by atoms with Crippen LogP contribution < -0.4 is 0 Å². The van der Waals surface area contributed by atoms with E-state index in [0.29, 0.717) is 31.3 Å². The van der Waals surface area contributed by atoms with Crippen LogP contribution in [0.2, 0.25) is 0 Å². The second kappa shape index (κ2) is 17.5. The van der Waals surface area contributed by atoms with Gasteiger partial charge in [0, 0.05) is 40.0 Å². The number of carbonyl (C=O) groups is 3. The maximum atomic E-state index is 14.6. The third kappa shape index (κ3) is 8.73. The minimum absolute atomic E-state index is 0.0236. The van der Waals surface area contributed by atoms with Gasteiger partial charge in [-0.25, -0.2) is 0 Å². The molecule has 0 aromatic carbocycles. The molecule has 0 aliphatic heterocycles. The second-order valence-corrected chi connectivity index (χ2v) is 15.8. The monoisotopic (exact) mass is 726 g/mol. The Morgan fingerprint density at radius 3 is 2.18 bits per heavy atom. The van der Waals surface area contributed by atoms with Crippen molar-refractivity contribution >= 4 is 17.3 Å². The Labute approximate surface area is 328 Å². The average Bonchev–Trinajstić information content (AvgIpc) is 3.26. The Balaban J connectivity index is 1.17. The van der Waals surface area contributed by atoms with Crippen LogP contribution >= 0.6 is 0 Å². The molecule has 7 aliphatic carbocycles. The highest BCUT2D eigenvalue weighted by Crippen LogP contribution is 2.41. The van der Waals surface area contributed by atoms with Crippen molar-refractivity contribution in [1.82, 2.24) is 0 Å². The summed E-state index contributed by atoms with van der Waals surface area (Å²) in [7, 11) is 0.